The molecule has 3 rings (SSSR count). The summed E-state index contributed by atoms with van der Waals surface area (Å²) in [4.78, 5) is 16.4. The van der Waals surface area contributed by atoms with Gasteiger partial charge >= 0.3 is 0 Å². The summed E-state index contributed by atoms with van der Waals surface area (Å²) < 4.78 is 10.7. The van der Waals surface area contributed by atoms with Gasteiger partial charge in [0.15, 0.2) is 0 Å². The topological polar surface area (TPSA) is 72.5 Å². The highest BCUT2D eigenvalue weighted by Crippen LogP contribution is 2.17. The van der Waals surface area contributed by atoms with Gasteiger partial charge in [0.25, 0.3) is 5.91 Å². The first-order valence-corrected chi connectivity index (χ1v) is 8.99. The Hall–Kier alpha value is -3.54. The minimum absolute atomic E-state index is 0.236. The first-order valence-electron chi connectivity index (χ1n) is 8.99. The van der Waals surface area contributed by atoms with E-state index < -0.39 is 0 Å². The van der Waals surface area contributed by atoms with Crippen molar-refractivity contribution in [3.8, 4) is 11.5 Å². The number of nitrogens with one attached hydrogen (secondary N) is 2. The summed E-state index contributed by atoms with van der Waals surface area (Å²) in [6.45, 7) is 2.79. The molecule has 0 aliphatic rings. The summed E-state index contributed by atoms with van der Waals surface area (Å²) in [5, 5.41) is 6.06. The smallest absolute Gasteiger partial charge is 0.269 e. The largest absolute Gasteiger partial charge is 0.497 e. The lowest BCUT2D eigenvalue weighted by molar-refractivity contribution is 0.0942. The lowest BCUT2D eigenvalue weighted by Gasteiger charge is -2.09. The number of aromatic nitrogens is 1. The van der Waals surface area contributed by atoms with E-state index in [2.05, 4.69) is 15.6 Å². The van der Waals surface area contributed by atoms with E-state index in [-0.39, 0.29) is 5.91 Å². The predicted octanol–water partition coefficient (Wildman–Crippen LogP) is 3.95. The van der Waals surface area contributed by atoms with Crippen LogP contribution in [0.4, 0.5) is 11.4 Å². The van der Waals surface area contributed by atoms with Crippen molar-refractivity contribution < 1.29 is 14.3 Å². The van der Waals surface area contributed by atoms with E-state index in [1.165, 1.54) is 5.56 Å². The number of hydrogen-bond acceptors (Lipinski definition) is 5. The zero-order chi connectivity index (χ0) is 19.8. The van der Waals surface area contributed by atoms with Crippen LogP contribution in [0.1, 0.15) is 16.1 Å². The summed E-state index contributed by atoms with van der Waals surface area (Å²) in [7, 11) is 1.62. The maximum absolute atomic E-state index is 12.2. The van der Waals surface area contributed by atoms with Gasteiger partial charge < -0.3 is 20.1 Å². The monoisotopic (exact) mass is 377 g/mol. The van der Waals surface area contributed by atoms with E-state index in [0.717, 1.165) is 22.9 Å². The Morgan fingerprint density at radius 2 is 1.79 bits per heavy atom. The molecule has 2 aromatic carbocycles. The van der Waals surface area contributed by atoms with Crippen LogP contribution in [0, 0.1) is 6.92 Å². The molecule has 0 radical (unpaired) electrons. The fourth-order valence-corrected chi connectivity index (χ4v) is 2.59. The summed E-state index contributed by atoms with van der Waals surface area (Å²) in [5.41, 5.74) is 3.34. The van der Waals surface area contributed by atoms with Gasteiger partial charge in [-0.25, -0.2) is 4.98 Å². The first-order chi connectivity index (χ1) is 13.6. The second-order valence-electron chi connectivity index (χ2n) is 6.21. The van der Waals surface area contributed by atoms with E-state index in [9.17, 15) is 4.79 Å². The number of nitrogens with zero attached hydrogens (tertiary/aromatic N) is 1. The molecule has 0 unspecified atom stereocenters. The molecule has 0 fully saturated rings. The minimum atomic E-state index is -0.236. The number of methoxy groups -OCH3 is 1. The van der Waals surface area contributed by atoms with E-state index in [4.69, 9.17) is 9.47 Å². The highest BCUT2D eigenvalue weighted by atomic mass is 16.5. The van der Waals surface area contributed by atoms with Crippen molar-refractivity contribution in [2.24, 2.45) is 0 Å². The standard InChI is InChI=1S/C22H23N3O3/c1-16-4-3-5-17(14-16)25-18-6-11-21(24-15-18)22(26)23-12-13-28-20-9-7-19(27-2)8-10-20/h3-11,14-15,25H,12-13H2,1-2H3,(H,23,26). The highest BCUT2D eigenvalue weighted by molar-refractivity contribution is 5.92. The molecule has 1 aromatic heterocycles. The lowest BCUT2D eigenvalue weighted by Crippen LogP contribution is -2.28. The average molecular weight is 377 g/mol. The molecule has 0 aliphatic heterocycles. The second-order valence-corrected chi connectivity index (χ2v) is 6.21. The van der Waals surface area contributed by atoms with Crippen molar-refractivity contribution in [1.82, 2.24) is 10.3 Å². The molecule has 1 amide bonds. The number of benzene rings is 2. The van der Waals surface area contributed by atoms with Crippen LogP contribution < -0.4 is 20.1 Å². The fraction of sp³-hybridized carbons (Fsp3) is 0.182. The minimum Gasteiger partial charge on any atom is -0.497 e. The Bertz CT molecular complexity index is 909. The fourth-order valence-electron chi connectivity index (χ4n) is 2.59. The third-order valence-electron chi connectivity index (χ3n) is 4.02. The number of carbonyl (C=O) groups excluding carboxylic acids is 1. The zero-order valence-corrected chi connectivity index (χ0v) is 15.9. The quantitative estimate of drug-likeness (QED) is 0.582. The lowest BCUT2D eigenvalue weighted by atomic mass is 10.2. The number of amides is 1. The Morgan fingerprint density at radius 1 is 1.00 bits per heavy atom. The van der Waals surface area contributed by atoms with Gasteiger partial charge in [0.2, 0.25) is 0 Å². The molecule has 6 nitrogen and oxygen atoms in total. The Labute approximate surface area is 164 Å². The summed E-state index contributed by atoms with van der Waals surface area (Å²) in [6.07, 6.45) is 1.64. The van der Waals surface area contributed by atoms with Crippen molar-refractivity contribution in [1.29, 1.82) is 0 Å². The molecule has 2 N–H and O–H groups in total. The first kappa shape index (κ1) is 19.2. The second kappa shape index (κ2) is 9.41. The Kier molecular flexibility index (Phi) is 6.46. The molecule has 144 valence electrons. The van der Waals surface area contributed by atoms with Crippen molar-refractivity contribution >= 4 is 17.3 Å². The maximum atomic E-state index is 12.2. The molecule has 0 saturated heterocycles. The van der Waals surface area contributed by atoms with Crippen molar-refractivity contribution in [3.63, 3.8) is 0 Å². The third kappa shape index (κ3) is 5.48. The van der Waals surface area contributed by atoms with Crippen LogP contribution in [-0.4, -0.2) is 31.2 Å². The van der Waals surface area contributed by atoms with E-state index in [0.29, 0.717) is 18.8 Å². The van der Waals surface area contributed by atoms with Gasteiger partial charge in [0.05, 0.1) is 25.5 Å². The SMILES string of the molecule is COc1ccc(OCCNC(=O)c2ccc(Nc3cccc(C)c3)cn2)cc1. The molecule has 0 bridgehead atoms. The number of hydrogen-bond donors (Lipinski definition) is 2. The van der Waals surface area contributed by atoms with Gasteiger partial charge in [-0.05, 0) is 61.0 Å². The number of ether oxygens (including phenoxy) is 2. The summed E-state index contributed by atoms with van der Waals surface area (Å²) >= 11 is 0. The van der Waals surface area contributed by atoms with Gasteiger partial charge in [-0.1, -0.05) is 12.1 Å². The molecular weight excluding hydrogens is 354 g/mol. The molecule has 0 aliphatic carbocycles. The number of carbonyl (C=O) groups is 1. The number of aryl methyl sites for hydroxylation is 1. The molecule has 3 aromatic rings. The van der Waals surface area contributed by atoms with Crippen molar-refractivity contribution in [2.45, 2.75) is 6.92 Å². The van der Waals surface area contributed by atoms with E-state index in [1.54, 1.807) is 19.4 Å². The van der Waals surface area contributed by atoms with Gasteiger partial charge in [-0.3, -0.25) is 4.79 Å². The Morgan fingerprint density at radius 3 is 2.46 bits per heavy atom. The van der Waals surface area contributed by atoms with Crippen LogP contribution in [-0.2, 0) is 0 Å². The van der Waals surface area contributed by atoms with Gasteiger partial charge in [-0.15, -0.1) is 0 Å². The predicted molar refractivity (Wildman–Crippen MR) is 110 cm³/mol. The number of pyridine rings is 1. The Balaban J connectivity index is 1.45. The molecular formula is C22H23N3O3. The van der Waals surface area contributed by atoms with Crippen LogP contribution in [0.15, 0.2) is 66.9 Å². The normalized spacial score (nSPS) is 10.2. The molecule has 0 atom stereocenters. The third-order valence-corrected chi connectivity index (χ3v) is 4.02. The maximum Gasteiger partial charge on any atom is 0.269 e. The molecule has 28 heavy (non-hydrogen) atoms. The van der Waals surface area contributed by atoms with Gasteiger partial charge in [0, 0.05) is 5.69 Å². The highest BCUT2D eigenvalue weighted by Gasteiger charge is 2.07. The molecule has 1 heterocycles. The van der Waals surface area contributed by atoms with E-state index >= 15 is 0 Å². The van der Waals surface area contributed by atoms with Crippen LogP contribution in [0.2, 0.25) is 0 Å². The number of anilines is 2. The van der Waals surface area contributed by atoms with Crippen LogP contribution in [0.5, 0.6) is 11.5 Å². The molecule has 0 spiro atoms. The van der Waals surface area contributed by atoms with Crippen LogP contribution in [0.25, 0.3) is 0 Å². The molecule has 6 heteroatoms. The van der Waals surface area contributed by atoms with Crippen molar-refractivity contribution in [2.75, 3.05) is 25.6 Å². The van der Waals surface area contributed by atoms with Crippen LogP contribution >= 0.6 is 0 Å². The average Bonchev–Trinajstić information content (AvgIpc) is 2.72. The van der Waals surface area contributed by atoms with E-state index in [1.807, 2.05) is 61.5 Å². The number of rotatable bonds is 8. The summed E-state index contributed by atoms with van der Waals surface area (Å²) in [5.74, 6) is 1.26. The van der Waals surface area contributed by atoms with Gasteiger partial charge in [-0.2, -0.15) is 0 Å². The van der Waals surface area contributed by atoms with Gasteiger partial charge in [0.1, 0.15) is 23.8 Å². The zero-order valence-electron chi connectivity index (χ0n) is 15.9. The summed E-state index contributed by atoms with van der Waals surface area (Å²) in [6, 6.07) is 18.9. The van der Waals surface area contributed by atoms with Crippen molar-refractivity contribution in [3.05, 3.63) is 78.1 Å². The van der Waals surface area contributed by atoms with Crippen LogP contribution in [0.3, 0.4) is 0 Å². The molecule has 0 saturated carbocycles.